The number of ketones is 1. The van der Waals surface area contributed by atoms with Crippen LogP contribution >= 0.6 is 0 Å². The lowest BCUT2D eigenvalue weighted by Crippen LogP contribution is -3.18. The molecule has 26 heavy (non-hydrogen) atoms. The summed E-state index contributed by atoms with van der Waals surface area (Å²) in [6.45, 7) is 8.01. The summed E-state index contributed by atoms with van der Waals surface area (Å²) in [5.41, 5.74) is 0. The van der Waals surface area contributed by atoms with Gasteiger partial charge < -0.3 is 4.90 Å². The van der Waals surface area contributed by atoms with Crippen molar-refractivity contribution in [2.45, 2.75) is 96.7 Å². The van der Waals surface area contributed by atoms with E-state index in [-0.39, 0.29) is 0 Å². The molecule has 0 aromatic carbocycles. The topological polar surface area (TPSA) is 24.8 Å². The third-order valence-corrected chi connectivity index (χ3v) is 8.47. The molecule has 2 saturated carbocycles. The molecular formula is C23H41N2O+. The molecule has 2 heterocycles. The lowest BCUT2D eigenvalue weighted by molar-refractivity contribution is -0.933. The maximum Gasteiger partial charge on any atom is 0.189 e. The first kappa shape index (κ1) is 18.9. The Bertz CT molecular complexity index is 479. The number of rotatable bonds is 4. The molecule has 3 nitrogen and oxygen atoms in total. The van der Waals surface area contributed by atoms with Crippen LogP contribution in [0.3, 0.4) is 0 Å². The summed E-state index contributed by atoms with van der Waals surface area (Å²) in [6.07, 6.45) is 15.6. The maximum absolute atomic E-state index is 13.1. The number of hydrogen-bond donors (Lipinski definition) is 1. The predicted molar refractivity (Wildman–Crippen MR) is 106 cm³/mol. The van der Waals surface area contributed by atoms with Gasteiger partial charge in [-0.05, 0) is 56.8 Å². The van der Waals surface area contributed by atoms with Crippen LogP contribution in [0.1, 0.15) is 84.5 Å². The van der Waals surface area contributed by atoms with Crippen LogP contribution in [0.2, 0.25) is 0 Å². The molecule has 0 spiro atoms. The van der Waals surface area contributed by atoms with E-state index in [0.717, 1.165) is 24.3 Å². The summed E-state index contributed by atoms with van der Waals surface area (Å²) >= 11 is 0. The number of Topliss-reactive ketones (excluding diaryl/α,β-unsaturated/α-hetero) is 1. The highest BCUT2D eigenvalue weighted by Gasteiger charge is 2.45. The second-order valence-corrected chi connectivity index (χ2v) is 10.3. The predicted octanol–water partition coefficient (Wildman–Crippen LogP) is 3.29. The first-order valence-corrected chi connectivity index (χ1v) is 11.7. The number of hydrogen-bond acceptors (Lipinski definition) is 2. The minimum Gasteiger partial charge on any atom is -0.310 e. The van der Waals surface area contributed by atoms with Gasteiger partial charge in [0.2, 0.25) is 0 Å². The molecule has 0 amide bonds. The molecule has 148 valence electrons. The van der Waals surface area contributed by atoms with E-state index in [1.54, 1.807) is 4.90 Å². The van der Waals surface area contributed by atoms with Crippen molar-refractivity contribution < 1.29 is 9.69 Å². The fraction of sp³-hybridized carbons (Fsp3) is 0.957. The Kier molecular flexibility index (Phi) is 6.05. The van der Waals surface area contributed by atoms with Crippen molar-refractivity contribution in [1.29, 1.82) is 0 Å². The minimum absolute atomic E-state index is 0.379. The molecule has 4 aliphatic rings. The summed E-state index contributed by atoms with van der Waals surface area (Å²) in [4.78, 5) is 17.4. The largest absolute Gasteiger partial charge is 0.310 e. The highest BCUT2D eigenvalue weighted by molar-refractivity contribution is 5.82. The van der Waals surface area contributed by atoms with Gasteiger partial charge in [0, 0.05) is 18.9 Å². The summed E-state index contributed by atoms with van der Waals surface area (Å²) < 4.78 is 0. The Hall–Kier alpha value is -0.410. The fourth-order valence-corrected chi connectivity index (χ4v) is 6.75. The number of carbonyl (C=O) groups excluding carboxylic acids is 1. The molecule has 2 saturated heterocycles. The summed E-state index contributed by atoms with van der Waals surface area (Å²) in [5, 5.41) is 0. The Morgan fingerprint density at radius 1 is 0.923 bits per heavy atom. The van der Waals surface area contributed by atoms with Crippen molar-refractivity contribution in [1.82, 2.24) is 4.90 Å². The molecule has 0 aromatic heterocycles. The Morgan fingerprint density at radius 3 is 2.35 bits per heavy atom. The average molecular weight is 362 g/mol. The number of carbonyl (C=O) groups is 1. The van der Waals surface area contributed by atoms with Gasteiger partial charge in [-0.2, -0.15) is 0 Å². The van der Waals surface area contributed by atoms with Crippen molar-refractivity contribution in [3.63, 3.8) is 0 Å². The van der Waals surface area contributed by atoms with Crippen LogP contribution in [0.4, 0.5) is 0 Å². The van der Waals surface area contributed by atoms with Gasteiger partial charge in [-0.3, -0.25) is 4.79 Å². The standard InChI is InChI=1S/C23H40N2O/c1-17-12-13-24-15-18(2)25(23(24)14-17)16-22(26)21-10-8-20(9-11-21)19-6-4-3-5-7-19/h17-21,23H,3-16H2,1-2H3/p+1. The molecule has 0 radical (unpaired) electrons. The Labute approximate surface area is 160 Å². The number of nitrogens with one attached hydrogen (secondary N) is 1. The van der Waals surface area contributed by atoms with Crippen LogP contribution in [0.25, 0.3) is 0 Å². The van der Waals surface area contributed by atoms with Crippen LogP contribution in [0.15, 0.2) is 0 Å². The maximum atomic E-state index is 13.1. The summed E-state index contributed by atoms with van der Waals surface area (Å²) in [6, 6.07) is 0.632. The van der Waals surface area contributed by atoms with E-state index >= 15 is 0 Å². The van der Waals surface area contributed by atoms with Gasteiger partial charge in [0.25, 0.3) is 0 Å². The van der Waals surface area contributed by atoms with Crippen molar-refractivity contribution >= 4 is 5.78 Å². The lowest BCUT2D eigenvalue weighted by atomic mass is 9.70. The molecule has 4 rings (SSSR count). The quantitative estimate of drug-likeness (QED) is 0.831. The van der Waals surface area contributed by atoms with Gasteiger partial charge in [-0.15, -0.1) is 0 Å². The normalized spacial score (nSPS) is 42.5. The van der Waals surface area contributed by atoms with Crippen LogP contribution in [-0.2, 0) is 4.79 Å². The molecule has 2 aliphatic heterocycles. The van der Waals surface area contributed by atoms with Crippen LogP contribution in [-0.4, -0.2) is 42.5 Å². The number of fused-ring (bicyclic) bond motifs is 1. The van der Waals surface area contributed by atoms with E-state index in [1.165, 1.54) is 83.7 Å². The van der Waals surface area contributed by atoms with Crippen LogP contribution in [0.5, 0.6) is 0 Å². The van der Waals surface area contributed by atoms with E-state index in [2.05, 4.69) is 18.7 Å². The van der Waals surface area contributed by atoms with Gasteiger partial charge in [-0.1, -0.05) is 39.0 Å². The van der Waals surface area contributed by atoms with Crippen molar-refractivity contribution in [2.75, 3.05) is 19.6 Å². The fourth-order valence-electron chi connectivity index (χ4n) is 6.75. The first-order valence-electron chi connectivity index (χ1n) is 11.7. The highest BCUT2D eigenvalue weighted by Crippen LogP contribution is 2.40. The van der Waals surface area contributed by atoms with Gasteiger partial charge >= 0.3 is 0 Å². The Morgan fingerprint density at radius 2 is 1.62 bits per heavy atom. The highest BCUT2D eigenvalue weighted by atomic mass is 16.1. The molecule has 3 heteroatoms. The molecule has 2 aliphatic carbocycles. The molecule has 4 unspecified atom stereocenters. The molecule has 0 bridgehead atoms. The van der Waals surface area contributed by atoms with Gasteiger partial charge in [0.05, 0.1) is 12.6 Å². The van der Waals surface area contributed by atoms with Gasteiger partial charge in [-0.25, -0.2) is 4.90 Å². The SMILES string of the molecule is CC1CCN2CC(C)[NH+](CC(=O)C3CCC(C4CCCCC4)CC3)C2C1. The zero-order valence-electron chi connectivity index (χ0n) is 17.2. The second kappa shape index (κ2) is 8.31. The monoisotopic (exact) mass is 361 g/mol. The third kappa shape index (κ3) is 4.04. The third-order valence-electron chi connectivity index (χ3n) is 8.47. The van der Waals surface area contributed by atoms with E-state index in [4.69, 9.17) is 0 Å². The smallest absolute Gasteiger partial charge is 0.189 e. The summed E-state index contributed by atoms with van der Waals surface area (Å²) in [7, 11) is 0. The van der Waals surface area contributed by atoms with E-state index in [1.807, 2.05) is 0 Å². The molecule has 4 fully saturated rings. The Balaban J connectivity index is 1.28. The van der Waals surface area contributed by atoms with E-state index in [0.29, 0.717) is 23.9 Å². The number of piperidine rings is 1. The average Bonchev–Trinajstić information content (AvgIpc) is 2.97. The zero-order chi connectivity index (χ0) is 18.1. The number of nitrogens with zero attached hydrogens (tertiary/aromatic N) is 1. The lowest BCUT2D eigenvalue weighted by Gasteiger charge is -2.37. The van der Waals surface area contributed by atoms with Crippen LogP contribution < -0.4 is 4.90 Å². The van der Waals surface area contributed by atoms with Crippen molar-refractivity contribution in [3.8, 4) is 0 Å². The van der Waals surface area contributed by atoms with Crippen molar-refractivity contribution in [2.24, 2.45) is 23.7 Å². The van der Waals surface area contributed by atoms with E-state index in [9.17, 15) is 4.79 Å². The molecule has 0 aromatic rings. The molecular weight excluding hydrogens is 320 g/mol. The van der Waals surface area contributed by atoms with E-state index < -0.39 is 0 Å². The number of quaternary nitrogens is 1. The second-order valence-electron chi connectivity index (χ2n) is 10.3. The summed E-state index contributed by atoms with van der Waals surface area (Å²) in [5.74, 6) is 3.73. The van der Waals surface area contributed by atoms with Gasteiger partial charge in [0.1, 0.15) is 12.7 Å². The molecule has 1 N–H and O–H groups in total. The molecule has 4 atom stereocenters. The van der Waals surface area contributed by atoms with Crippen LogP contribution in [0, 0.1) is 23.7 Å². The minimum atomic E-state index is 0.379. The van der Waals surface area contributed by atoms with Crippen molar-refractivity contribution in [3.05, 3.63) is 0 Å². The first-order chi connectivity index (χ1) is 12.6. The zero-order valence-corrected chi connectivity index (χ0v) is 17.2. The van der Waals surface area contributed by atoms with Gasteiger partial charge in [0.15, 0.2) is 5.78 Å².